The zero-order valence-electron chi connectivity index (χ0n) is 12.9. The van der Waals surface area contributed by atoms with Gasteiger partial charge in [0.2, 0.25) is 0 Å². The van der Waals surface area contributed by atoms with Gasteiger partial charge in [-0.3, -0.25) is 4.90 Å². The third kappa shape index (κ3) is 3.13. The molecule has 0 saturated carbocycles. The van der Waals surface area contributed by atoms with Gasteiger partial charge in [0.25, 0.3) is 0 Å². The van der Waals surface area contributed by atoms with Crippen molar-refractivity contribution in [2.75, 3.05) is 27.2 Å². The number of likely N-dealkylation sites (tertiary alicyclic amines) is 1. The quantitative estimate of drug-likeness (QED) is 0.917. The van der Waals surface area contributed by atoms with Crippen molar-refractivity contribution in [1.29, 1.82) is 0 Å². The van der Waals surface area contributed by atoms with Gasteiger partial charge in [-0.15, -0.1) is 0 Å². The molecule has 1 heterocycles. The Morgan fingerprint density at radius 2 is 2.00 bits per heavy atom. The Balaban J connectivity index is 2.05. The fourth-order valence-electron chi connectivity index (χ4n) is 2.81. The maximum Gasteiger partial charge on any atom is 0.165 e. The van der Waals surface area contributed by atoms with Crippen molar-refractivity contribution < 1.29 is 9.13 Å². The molecule has 0 bridgehead atoms. The maximum absolute atomic E-state index is 13.8. The fourth-order valence-corrected chi connectivity index (χ4v) is 2.81. The number of benzene rings is 1. The van der Waals surface area contributed by atoms with Gasteiger partial charge in [-0.05, 0) is 51.4 Å². The second kappa shape index (κ2) is 6.10. The van der Waals surface area contributed by atoms with Crippen LogP contribution in [0, 0.1) is 5.82 Å². The molecule has 0 spiro atoms. The smallest absolute Gasteiger partial charge is 0.165 e. The molecule has 112 valence electrons. The van der Waals surface area contributed by atoms with E-state index in [1.54, 1.807) is 12.1 Å². The van der Waals surface area contributed by atoms with Crippen LogP contribution in [0.5, 0.6) is 5.75 Å². The van der Waals surface area contributed by atoms with E-state index in [1.165, 1.54) is 7.11 Å². The molecule has 3 nitrogen and oxygen atoms in total. The van der Waals surface area contributed by atoms with Gasteiger partial charge in [0.15, 0.2) is 11.6 Å². The van der Waals surface area contributed by atoms with Crippen LogP contribution in [-0.2, 0) is 0 Å². The topological polar surface area (TPSA) is 24.5 Å². The molecule has 1 atom stereocenters. The lowest BCUT2D eigenvalue weighted by Gasteiger charge is -2.42. The van der Waals surface area contributed by atoms with Crippen LogP contribution < -0.4 is 10.1 Å². The summed E-state index contributed by atoms with van der Waals surface area (Å²) in [5, 5.41) is 3.40. The first-order valence-corrected chi connectivity index (χ1v) is 7.25. The van der Waals surface area contributed by atoms with Gasteiger partial charge in [-0.2, -0.15) is 0 Å². The van der Waals surface area contributed by atoms with Crippen LogP contribution in [0.25, 0.3) is 0 Å². The Bertz CT molecular complexity index is 456. The predicted molar refractivity (Wildman–Crippen MR) is 79.6 cm³/mol. The molecule has 0 aliphatic carbocycles. The van der Waals surface area contributed by atoms with E-state index in [2.05, 4.69) is 24.1 Å². The largest absolute Gasteiger partial charge is 0.494 e. The second-order valence-corrected chi connectivity index (χ2v) is 5.92. The first-order valence-electron chi connectivity index (χ1n) is 7.25. The number of hydrogen-bond acceptors (Lipinski definition) is 3. The molecule has 1 N–H and O–H groups in total. The highest BCUT2D eigenvalue weighted by atomic mass is 19.1. The molecule has 1 aromatic carbocycles. The Morgan fingerprint density at radius 3 is 2.50 bits per heavy atom. The first-order chi connectivity index (χ1) is 9.49. The number of nitrogens with zero attached hydrogens (tertiary/aromatic N) is 1. The highest BCUT2D eigenvalue weighted by molar-refractivity contribution is 5.30. The predicted octanol–water partition coefficient (Wildman–Crippen LogP) is 2.97. The first kappa shape index (κ1) is 15.3. The van der Waals surface area contributed by atoms with Crippen molar-refractivity contribution in [3.05, 3.63) is 29.6 Å². The number of piperidine rings is 1. The number of methoxy groups -OCH3 is 1. The molecule has 0 amide bonds. The summed E-state index contributed by atoms with van der Waals surface area (Å²) in [6.07, 6.45) is 2.24. The summed E-state index contributed by atoms with van der Waals surface area (Å²) < 4.78 is 18.8. The monoisotopic (exact) mass is 280 g/mol. The number of rotatable bonds is 4. The van der Waals surface area contributed by atoms with Crippen molar-refractivity contribution in [2.45, 2.75) is 38.3 Å². The normalized spacial score (nSPS) is 20.6. The van der Waals surface area contributed by atoms with E-state index in [0.29, 0.717) is 5.75 Å². The summed E-state index contributed by atoms with van der Waals surface area (Å²) in [5.74, 6) is 0.0243. The van der Waals surface area contributed by atoms with Crippen molar-refractivity contribution in [1.82, 2.24) is 10.2 Å². The Kier molecular flexibility index (Phi) is 4.66. The molecular weight excluding hydrogens is 255 g/mol. The molecule has 4 heteroatoms. The van der Waals surface area contributed by atoms with Crippen LogP contribution in [0.4, 0.5) is 4.39 Å². The minimum Gasteiger partial charge on any atom is -0.494 e. The number of nitrogens with one attached hydrogen (secondary N) is 1. The van der Waals surface area contributed by atoms with Gasteiger partial charge in [-0.1, -0.05) is 6.07 Å². The lowest BCUT2D eigenvalue weighted by atomic mass is 9.88. The van der Waals surface area contributed by atoms with Crippen molar-refractivity contribution in [2.24, 2.45) is 0 Å². The van der Waals surface area contributed by atoms with Crippen LogP contribution in [0.3, 0.4) is 0 Å². The number of hydrogen-bond donors (Lipinski definition) is 1. The minimum atomic E-state index is -0.283. The highest BCUT2D eigenvalue weighted by Gasteiger charge is 2.30. The lowest BCUT2D eigenvalue weighted by molar-refractivity contribution is 0.117. The minimum absolute atomic E-state index is 0.233. The molecule has 20 heavy (non-hydrogen) atoms. The van der Waals surface area contributed by atoms with E-state index < -0.39 is 0 Å². The molecule has 1 aliphatic rings. The van der Waals surface area contributed by atoms with E-state index >= 15 is 0 Å². The summed E-state index contributed by atoms with van der Waals surface area (Å²) in [5.41, 5.74) is 1.25. The van der Waals surface area contributed by atoms with Gasteiger partial charge in [0.05, 0.1) is 7.11 Å². The second-order valence-electron chi connectivity index (χ2n) is 5.92. The third-order valence-corrected chi connectivity index (χ3v) is 4.71. The maximum atomic E-state index is 13.8. The van der Waals surface area contributed by atoms with Crippen LogP contribution in [0.2, 0.25) is 0 Å². The van der Waals surface area contributed by atoms with Crippen LogP contribution >= 0.6 is 0 Å². The average Bonchev–Trinajstić information content (AvgIpc) is 2.47. The van der Waals surface area contributed by atoms with Crippen LogP contribution in [0.15, 0.2) is 18.2 Å². The molecule has 0 radical (unpaired) electrons. The molecule has 1 fully saturated rings. The van der Waals surface area contributed by atoms with Gasteiger partial charge in [-0.25, -0.2) is 4.39 Å². The van der Waals surface area contributed by atoms with E-state index in [1.807, 2.05) is 13.1 Å². The fraction of sp³-hybridized carbons (Fsp3) is 0.625. The number of halogens is 1. The van der Waals surface area contributed by atoms with Crippen LogP contribution in [-0.4, -0.2) is 37.7 Å². The Hall–Kier alpha value is -1.13. The Labute approximate surface area is 121 Å². The molecule has 1 saturated heterocycles. The third-order valence-electron chi connectivity index (χ3n) is 4.71. The summed E-state index contributed by atoms with van der Waals surface area (Å²) in [7, 11) is 3.52. The summed E-state index contributed by atoms with van der Waals surface area (Å²) >= 11 is 0. The Morgan fingerprint density at radius 1 is 1.35 bits per heavy atom. The van der Waals surface area contributed by atoms with E-state index in [9.17, 15) is 4.39 Å². The SMILES string of the molecule is CNC1(C)CCN(C(C)c2ccc(OC)c(F)c2)CC1. The number of ether oxygens (including phenoxy) is 1. The van der Waals surface area contributed by atoms with E-state index in [0.717, 1.165) is 31.5 Å². The molecule has 1 aromatic rings. The molecule has 1 aliphatic heterocycles. The highest BCUT2D eigenvalue weighted by Crippen LogP contribution is 2.30. The van der Waals surface area contributed by atoms with E-state index in [4.69, 9.17) is 4.74 Å². The van der Waals surface area contributed by atoms with Gasteiger partial charge in [0.1, 0.15) is 0 Å². The van der Waals surface area contributed by atoms with Crippen molar-refractivity contribution in [3.8, 4) is 5.75 Å². The summed E-state index contributed by atoms with van der Waals surface area (Å²) in [6, 6.07) is 5.49. The summed E-state index contributed by atoms with van der Waals surface area (Å²) in [4.78, 5) is 2.42. The van der Waals surface area contributed by atoms with Gasteiger partial charge < -0.3 is 10.1 Å². The molecular formula is C16H25FN2O. The molecule has 0 aromatic heterocycles. The lowest BCUT2D eigenvalue weighted by Crippen LogP contribution is -2.50. The zero-order chi connectivity index (χ0) is 14.8. The van der Waals surface area contributed by atoms with E-state index in [-0.39, 0.29) is 17.4 Å². The average molecular weight is 280 g/mol. The summed E-state index contributed by atoms with van der Waals surface area (Å²) in [6.45, 7) is 6.48. The van der Waals surface area contributed by atoms with Gasteiger partial charge in [0, 0.05) is 24.7 Å². The van der Waals surface area contributed by atoms with Crippen molar-refractivity contribution >= 4 is 0 Å². The standard InChI is InChI=1S/C16H25FN2O/c1-12(13-5-6-15(20-4)14(17)11-13)19-9-7-16(2,18-3)8-10-19/h5-6,11-12,18H,7-10H2,1-4H3. The molecule has 2 rings (SSSR count). The van der Waals surface area contributed by atoms with Crippen LogP contribution in [0.1, 0.15) is 38.3 Å². The molecule has 1 unspecified atom stereocenters. The zero-order valence-corrected chi connectivity index (χ0v) is 12.9. The van der Waals surface area contributed by atoms with Crippen molar-refractivity contribution in [3.63, 3.8) is 0 Å². The van der Waals surface area contributed by atoms with Gasteiger partial charge >= 0.3 is 0 Å².